The van der Waals surface area contributed by atoms with Gasteiger partial charge in [-0.1, -0.05) is 48.5 Å². The monoisotopic (exact) mass is 432 g/mol. The maximum absolute atomic E-state index is 12.9. The van der Waals surface area contributed by atoms with E-state index in [1.807, 2.05) is 54.6 Å². The first-order valence-corrected chi connectivity index (χ1v) is 9.77. The van der Waals surface area contributed by atoms with Crippen molar-refractivity contribution in [1.29, 1.82) is 0 Å². The van der Waals surface area contributed by atoms with Crippen LogP contribution in [0.15, 0.2) is 54.6 Å². The number of rotatable bonds is 7. The van der Waals surface area contributed by atoms with E-state index in [0.717, 1.165) is 36.5 Å². The summed E-state index contributed by atoms with van der Waals surface area (Å²) in [7, 11) is 3.22. The number of piperazine rings is 1. The van der Waals surface area contributed by atoms with E-state index in [0.29, 0.717) is 0 Å². The first kappa shape index (κ1) is 23.7. The standard InChI is InChI=1S/C22H28N4O3.ClH/c1-23-22(28)21(16-8-4-3-5-9-16)25-20(27)15-26-13-12-24-14-18(26)17-10-6-7-11-19(17)29-2;/h3-11,18,21,24H,12-15H2,1-2H3,(H,23,28)(H,25,27);1H. The van der Waals surface area contributed by atoms with Crippen molar-refractivity contribution in [2.24, 2.45) is 0 Å². The number of benzene rings is 2. The Morgan fingerprint density at radius 3 is 2.57 bits per heavy atom. The Balaban J connectivity index is 0.00000320. The van der Waals surface area contributed by atoms with Gasteiger partial charge in [-0.2, -0.15) is 0 Å². The molecule has 2 aromatic carbocycles. The Morgan fingerprint density at radius 1 is 1.17 bits per heavy atom. The maximum Gasteiger partial charge on any atom is 0.246 e. The lowest BCUT2D eigenvalue weighted by Crippen LogP contribution is -2.50. The molecule has 8 heteroatoms. The van der Waals surface area contributed by atoms with Gasteiger partial charge in [0.1, 0.15) is 11.8 Å². The predicted molar refractivity (Wildman–Crippen MR) is 119 cm³/mol. The summed E-state index contributed by atoms with van der Waals surface area (Å²) in [6, 6.07) is 16.4. The molecule has 0 saturated carbocycles. The van der Waals surface area contributed by atoms with E-state index in [-0.39, 0.29) is 36.8 Å². The van der Waals surface area contributed by atoms with Crippen LogP contribution in [0.5, 0.6) is 5.75 Å². The molecule has 3 rings (SSSR count). The van der Waals surface area contributed by atoms with E-state index >= 15 is 0 Å². The molecule has 7 nitrogen and oxygen atoms in total. The highest BCUT2D eigenvalue weighted by atomic mass is 35.5. The zero-order valence-corrected chi connectivity index (χ0v) is 18.1. The van der Waals surface area contributed by atoms with Gasteiger partial charge in [-0.05, 0) is 11.6 Å². The van der Waals surface area contributed by atoms with E-state index in [1.165, 1.54) is 0 Å². The van der Waals surface area contributed by atoms with Gasteiger partial charge in [0, 0.05) is 32.2 Å². The number of hydrogen-bond donors (Lipinski definition) is 3. The number of nitrogens with one attached hydrogen (secondary N) is 3. The highest BCUT2D eigenvalue weighted by Crippen LogP contribution is 2.30. The van der Waals surface area contributed by atoms with E-state index in [4.69, 9.17) is 4.74 Å². The quantitative estimate of drug-likeness (QED) is 0.620. The second-order valence-corrected chi connectivity index (χ2v) is 6.96. The van der Waals surface area contributed by atoms with Crippen LogP contribution in [0.25, 0.3) is 0 Å². The smallest absolute Gasteiger partial charge is 0.246 e. The van der Waals surface area contributed by atoms with Crippen molar-refractivity contribution in [3.05, 3.63) is 65.7 Å². The molecule has 1 saturated heterocycles. The van der Waals surface area contributed by atoms with Crippen molar-refractivity contribution in [2.45, 2.75) is 12.1 Å². The minimum atomic E-state index is -0.721. The van der Waals surface area contributed by atoms with Crippen LogP contribution in [0.3, 0.4) is 0 Å². The van der Waals surface area contributed by atoms with Gasteiger partial charge in [0.25, 0.3) is 0 Å². The number of hydrogen-bond acceptors (Lipinski definition) is 5. The molecule has 0 aromatic heterocycles. The molecule has 2 amide bonds. The fourth-order valence-electron chi connectivity index (χ4n) is 3.67. The summed E-state index contributed by atoms with van der Waals surface area (Å²) in [5, 5.41) is 8.90. The SMILES string of the molecule is CNC(=O)C(NC(=O)CN1CCNCC1c1ccccc1OC)c1ccccc1.Cl. The molecule has 2 aromatic rings. The van der Waals surface area contributed by atoms with Gasteiger partial charge in [0.15, 0.2) is 0 Å². The molecule has 1 aliphatic rings. The summed E-state index contributed by atoms with van der Waals surface area (Å²) in [5.41, 5.74) is 1.79. The fraction of sp³-hybridized carbons (Fsp3) is 0.364. The maximum atomic E-state index is 12.9. The number of carbonyl (C=O) groups is 2. The zero-order valence-electron chi connectivity index (χ0n) is 17.3. The number of halogens is 1. The third kappa shape index (κ3) is 5.72. The van der Waals surface area contributed by atoms with E-state index in [1.54, 1.807) is 14.2 Å². The topological polar surface area (TPSA) is 82.7 Å². The van der Waals surface area contributed by atoms with Crippen LogP contribution in [-0.4, -0.2) is 57.1 Å². The molecular weight excluding hydrogens is 404 g/mol. The molecule has 162 valence electrons. The summed E-state index contributed by atoms with van der Waals surface area (Å²) in [6.07, 6.45) is 0. The molecule has 0 aliphatic carbocycles. The number of amides is 2. The van der Waals surface area contributed by atoms with Gasteiger partial charge in [0.2, 0.25) is 11.8 Å². The summed E-state index contributed by atoms with van der Waals surface area (Å²) >= 11 is 0. The first-order chi connectivity index (χ1) is 14.1. The summed E-state index contributed by atoms with van der Waals surface area (Å²) in [5.74, 6) is 0.370. The Morgan fingerprint density at radius 2 is 1.87 bits per heavy atom. The summed E-state index contributed by atoms with van der Waals surface area (Å²) in [6.45, 7) is 2.46. The van der Waals surface area contributed by atoms with Crippen LogP contribution in [0, 0.1) is 0 Å². The Bertz CT molecular complexity index is 834. The van der Waals surface area contributed by atoms with Crippen molar-refractivity contribution in [3.8, 4) is 5.75 Å². The van der Waals surface area contributed by atoms with Crippen LogP contribution in [0.1, 0.15) is 23.2 Å². The van der Waals surface area contributed by atoms with Gasteiger partial charge in [-0.15, -0.1) is 12.4 Å². The Kier molecular flexibility index (Phi) is 9.11. The highest BCUT2D eigenvalue weighted by molar-refractivity contribution is 5.89. The molecule has 2 unspecified atom stereocenters. The van der Waals surface area contributed by atoms with Crippen LogP contribution in [0.4, 0.5) is 0 Å². The number of likely N-dealkylation sites (N-methyl/N-ethyl adjacent to an activating group) is 1. The second-order valence-electron chi connectivity index (χ2n) is 6.96. The number of nitrogens with zero attached hydrogens (tertiary/aromatic N) is 1. The van der Waals surface area contributed by atoms with Gasteiger partial charge < -0.3 is 20.7 Å². The Hall–Kier alpha value is -2.61. The normalized spacial score (nSPS) is 17.3. The molecule has 3 N–H and O–H groups in total. The molecule has 0 spiro atoms. The lowest BCUT2D eigenvalue weighted by molar-refractivity contribution is -0.130. The average Bonchev–Trinajstić information content (AvgIpc) is 2.78. The largest absolute Gasteiger partial charge is 0.496 e. The number of ether oxygens (including phenoxy) is 1. The van der Waals surface area contributed by atoms with Crippen molar-refractivity contribution in [1.82, 2.24) is 20.9 Å². The number of para-hydroxylation sites is 1. The zero-order chi connectivity index (χ0) is 20.6. The third-order valence-corrected chi connectivity index (χ3v) is 5.15. The molecule has 0 radical (unpaired) electrons. The van der Waals surface area contributed by atoms with Gasteiger partial charge in [-0.25, -0.2) is 0 Å². The molecule has 2 atom stereocenters. The minimum absolute atomic E-state index is 0. The van der Waals surface area contributed by atoms with E-state index in [2.05, 4.69) is 20.9 Å². The van der Waals surface area contributed by atoms with Crippen LogP contribution >= 0.6 is 12.4 Å². The highest BCUT2D eigenvalue weighted by Gasteiger charge is 2.29. The lowest BCUT2D eigenvalue weighted by atomic mass is 10.0. The molecule has 1 aliphatic heterocycles. The number of carbonyl (C=O) groups excluding carboxylic acids is 2. The van der Waals surface area contributed by atoms with Crippen molar-refractivity contribution < 1.29 is 14.3 Å². The fourth-order valence-corrected chi connectivity index (χ4v) is 3.67. The average molecular weight is 433 g/mol. The van der Waals surface area contributed by atoms with Crippen LogP contribution < -0.4 is 20.7 Å². The van der Waals surface area contributed by atoms with Crippen LogP contribution in [-0.2, 0) is 9.59 Å². The van der Waals surface area contributed by atoms with Gasteiger partial charge in [0.05, 0.1) is 19.7 Å². The second kappa shape index (κ2) is 11.5. The van der Waals surface area contributed by atoms with Gasteiger partial charge in [-0.3, -0.25) is 14.5 Å². The van der Waals surface area contributed by atoms with Gasteiger partial charge >= 0.3 is 0 Å². The molecule has 1 heterocycles. The van der Waals surface area contributed by atoms with Crippen molar-refractivity contribution in [2.75, 3.05) is 40.3 Å². The van der Waals surface area contributed by atoms with E-state index in [9.17, 15) is 9.59 Å². The van der Waals surface area contributed by atoms with Crippen molar-refractivity contribution >= 4 is 24.2 Å². The first-order valence-electron chi connectivity index (χ1n) is 9.77. The molecular formula is C22H29ClN4O3. The summed E-state index contributed by atoms with van der Waals surface area (Å²) in [4.78, 5) is 27.3. The number of methoxy groups -OCH3 is 1. The van der Waals surface area contributed by atoms with E-state index < -0.39 is 6.04 Å². The minimum Gasteiger partial charge on any atom is -0.496 e. The van der Waals surface area contributed by atoms with Crippen LogP contribution in [0.2, 0.25) is 0 Å². The van der Waals surface area contributed by atoms with Crippen molar-refractivity contribution in [3.63, 3.8) is 0 Å². The predicted octanol–water partition coefficient (Wildman–Crippen LogP) is 1.67. The molecule has 30 heavy (non-hydrogen) atoms. The molecule has 1 fully saturated rings. The Labute approximate surface area is 183 Å². The molecule has 0 bridgehead atoms. The third-order valence-electron chi connectivity index (χ3n) is 5.15. The summed E-state index contributed by atoms with van der Waals surface area (Å²) < 4.78 is 5.51. The lowest BCUT2D eigenvalue weighted by Gasteiger charge is -2.36.